The molecule has 2 aromatic carbocycles. The highest BCUT2D eigenvalue weighted by Gasteiger charge is 2.28. The van der Waals surface area contributed by atoms with E-state index in [-0.39, 0.29) is 17.5 Å². The number of non-ortho nitro benzene ring substituents is 1. The fourth-order valence-electron chi connectivity index (χ4n) is 2.83. The molecule has 0 spiro atoms. The first-order valence-corrected chi connectivity index (χ1v) is 7.21. The predicted molar refractivity (Wildman–Crippen MR) is 84.0 cm³/mol. The Labute approximate surface area is 128 Å². The van der Waals surface area contributed by atoms with E-state index in [4.69, 9.17) is 0 Å². The summed E-state index contributed by atoms with van der Waals surface area (Å²) in [4.78, 5) is 24.8. The molecule has 0 N–H and O–H groups in total. The van der Waals surface area contributed by atoms with Crippen LogP contribution in [0.15, 0.2) is 48.5 Å². The molecular weight excluding hydrogens is 280 g/mol. The van der Waals surface area contributed by atoms with Crippen LogP contribution in [0.3, 0.4) is 0 Å². The summed E-state index contributed by atoms with van der Waals surface area (Å²) in [6.45, 7) is 2.53. The fourth-order valence-corrected chi connectivity index (χ4v) is 2.83. The van der Waals surface area contributed by atoms with Gasteiger partial charge in [-0.15, -0.1) is 0 Å². The van der Waals surface area contributed by atoms with Crippen molar-refractivity contribution in [2.75, 3.05) is 11.4 Å². The molecule has 5 heteroatoms. The molecule has 1 aliphatic heterocycles. The highest BCUT2D eigenvalue weighted by Crippen LogP contribution is 2.31. The van der Waals surface area contributed by atoms with E-state index < -0.39 is 4.92 Å². The number of anilines is 1. The van der Waals surface area contributed by atoms with E-state index in [0.29, 0.717) is 6.54 Å². The number of para-hydroxylation sites is 1. The summed E-state index contributed by atoms with van der Waals surface area (Å²) in [6.07, 6.45) is 0.870. The second-order valence-electron chi connectivity index (χ2n) is 5.44. The van der Waals surface area contributed by atoms with Gasteiger partial charge in [-0.05, 0) is 30.5 Å². The van der Waals surface area contributed by atoms with E-state index >= 15 is 0 Å². The molecule has 0 radical (unpaired) electrons. The Morgan fingerprint density at radius 2 is 1.86 bits per heavy atom. The minimum absolute atomic E-state index is 0.0267. The molecule has 0 fully saturated rings. The molecule has 1 aliphatic rings. The molecule has 0 saturated carbocycles. The van der Waals surface area contributed by atoms with Gasteiger partial charge in [-0.1, -0.05) is 30.3 Å². The van der Waals surface area contributed by atoms with Crippen molar-refractivity contribution in [2.45, 2.75) is 19.3 Å². The zero-order chi connectivity index (χ0) is 15.7. The van der Waals surface area contributed by atoms with Gasteiger partial charge in [0.2, 0.25) is 5.91 Å². The van der Waals surface area contributed by atoms with Gasteiger partial charge in [0.25, 0.3) is 5.69 Å². The molecule has 5 nitrogen and oxygen atoms in total. The van der Waals surface area contributed by atoms with Gasteiger partial charge in [0, 0.05) is 24.4 Å². The van der Waals surface area contributed by atoms with Crippen LogP contribution in [0.2, 0.25) is 0 Å². The summed E-state index contributed by atoms with van der Waals surface area (Å²) in [7, 11) is 0. The first kappa shape index (κ1) is 14.3. The van der Waals surface area contributed by atoms with Crippen molar-refractivity contribution in [3.05, 3.63) is 69.8 Å². The Hall–Kier alpha value is -2.69. The van der Waals surface area contributed by atoms with Gasteiger partial charge in [-0.3, -0.25) is 14.9 Å². The lowest BCUT2D eigenvalue weighted by Gasteiger charge is -2.22. The van der Waals surface area contributed by atoms with E-state index in [9.17, 15) is 14.9 Å². The summed E-state index contributed by atoms with van der Waals surface area (Å²) in [5.41, 5.74) is 2.99. The van der Waals surface area contributed by atoms with Crippen molar-refractivity contribution in [2.24, 2.45) is 0 Å². The van der Waals surface area contributed by atoms with Gasteiger partial charge in [0.15, 0.2) is 0 Å². The molecule has 3 rings (SSSR count). The zero-order valence-corrected chi connectivity index (χ0v) is 12.2. The smallest absolute Gasteiger partial charge is 0.269 e. The molecule has 1 atom stereocenters. The van der Waals surface area contributed by atoms with Crippen LogP contribution >= 0.6 is 0 Å². The lowest BCUT2D eigenvalue weighted by molar-refractivity contribution is -0.384. The summed E-state index contributed by atoms with van der Waals surface area (Å²) in [6, 6.07) is 14.1. The maximum atomic E-state index is 12.7. The highest BCUT2D eigenvalue weighted by molar-refractivity contribution is 5.99. The quantitative estimate of drug-likeness (QED) is 0.645. The Morgan fingerprint density at radius 1 is 1.18 bits per heavy atom. The van der Waals surface area contributed by atoms with E-state index in [0.717, 1.165) is 17.7 Å². The van der Waals surface area contributed by atoms with Gasteiger partial charge >= 0.3 is 0 Å². The number of benzene rings is 2. The van der Waals surface area contributed by atoms with E-state index in [2.05, 4.69) is 0 Å². The Kier molecular flexibility index (Phi) is 3.63. The van der Waals surface area contributed by atoms with Crippen molar-refractivity contribution in [1.82, 2.24) is 0 Å². The molecule has 0 aromatic heterocycles. The largest absolute Gasteiger partial charge is 0.311 e. The SMILES string of the molecule is C[C@@H](C(=O)N1CCc2ccccc21)c1ccc([N+](=O)[O-])cc1. The third kappa shape index (κ3) is 2.45. The number of fused-ring (bicyclic) bond motifs is 1. The molecule has 0 bridgehead atoms. The minimum Gasteiger partial charge on any atom is -0.311 e. The first-order valence-electron chi connectivity index (χ1n) is 7.21. The monoisotopic (exact) mass is 296 g/mol. The van der Waals surface area contributed by atoms with Crippen molar-refractivity contribution >= 4 is 17.3 Å². The molecule has 2 aromatic rings. The number of amides is 1. The molecule has 0 unspecified atom stereocenters. The van der Waals surface area contributed by atoms with Crippen LogP contribution in [0, 0.1) is 10.1 Å². The van der Waals surface area contributed by atoms with Crippen molar-refractivity contribution in [3.63, 3.8) is 0 Å². The van der Waals surface area contributed by atoms with Crippen molar-refractivity contribution in [1.29, 1.82) is 0 Å². The molecular formula is C17H16N2O3. The van der Waals surface area contributed by atoms with Crippen LogP contribution in [0.1, 0.15) is 24.0 Å². The van der Waals surface area contributed by atoms with Crippen molar-refractivity contribution in [3.8, 4) is 0 Å². The van der Waals surface area contributed by atoms with Crippen molar-refractivity contribution < 1.29 is 9.72 Å². The first-order chi connectivity index (χ1) is 10.6. The molecule has 0 aliphatic carbocycles. The third-order valence-corrected chi connectivity index (χ3v) is 4.13. The Balaban J connectivity index is 1.82. The second-order valence-corrected chi connectivity index (χ2v) is 5.44. The van der Waals surface area contributed by atoms with Crippen LogP contribution in [0.5, 0.6) is 0 Å². The molecule has 1 amide bonds. The maximum Gasteiger partial charge on any atom is 0.269 e. The number of carbonyl (C=O) groups excluding carboxylic acids is 1. The lowest BCUT2D eigenvalue weighted by atomic mass is 9.99. The average molecular weight is 296 g/mol. The normalized spacial score (nSPS) is 14.5. The molecule has 1 heterocycles. The molecule has 0 saturated heterocycles. The summed E-state index contributed by atoms with van der Waals surface area (Å²) in [5, 5.41) is 10.7. The maximum absolute atomic E-state index is 12.7. The second kappa shape index (κ2) is 5.60. The van der Waals surface area contributed by atoms with Crippen LogP contribution in [-0.4, -0.2) is 17.4 Å². The van der Waals surface area contributed by atoms with Gasteiger partial charge < -0.3 is 4.90 Å². The number of rotatable bonds is 3. The van der Waals surface area contributed by atoms with Crippen LogP contribution in [-0.2, 0) is 11.2 Å². The number of hydrogen-bond donors (Lipinski definition) is 0. The average Bonchev–Trinajstić information content (AvgIpc) is 2.97. The fraction of sp³-hybridized carbons (Fsp3) is 0.235. The molecule has 112 valence electrons. The zero-order valence-electron chi connectivity index (χ0n) is 12.2. The molecule has 22 heavy (non-hydrogen) atoms. The number of nitrogens with zero attached hydrogens (tertiary/aromatic N) is 2. The Bertz CT molecular complexity index is 725. The summed E-state index contributed by atoms with van der Waals surface area (Å²) >= 11 is 0. The topological polar surface area (TPSA) is 63.5 Å². The standard InChI is InChI=1S/C17H16N2O3/c1-12(13-6-8-15(9-7-13)19(21)22)17(20)18-11-10-14-4-2-3-5-16(14)18/h2-9,12H,10-11H2,1H3/t12-/m1/s1. The van der Waals surface area contributed by atoms with E-state index in [1.165, 1.54) is 17.7 Å². The van der Waals surface area contributed by atoms with E-state index in [1.807, 2.05) is 31.2 Å². The number of nitro benzene ring substituents is 1. The van der Waals surface area contributed by atoms with E-state index in [1.54, 1.807) is 17.0 Å². The van der Waals surface area contributed by atoms with Gasteiger partial charge in [0.05, 0.1) is 10.8 Å². The third-order valence-electron chi connectivity index (χ3n) is 4.13. The van der Waals surface area contributed by atoms with Gasteiger partial charge in [-0.25, -0.2) is 0 Å². The number of carbonyl (C=O) groups is 1. The van der Waals surface area contributed by atoms with Crippen LogP contribution in [0.25, 0.3) is 0 Å². The Morgan fingerprint density at radius 3 is 2.55 bits per heavy atom. The highest BCUT2D eigenvalue weighted by atomic mass is 16.6. The number of nitro groups is 1. The predicted octanol–water partition coefficient (Wildman–Crippen LogP) is 3.29. The minimum atomic E-state index is -0.438. The van der Waals surface area contributed by atoms with Gasteiger partial charge in [-0.2, -0.15) is 0 Å². The lowest BCUT2D eigenvalue weighted by Crippen LogP contribution is -2.32. The summed E-state index contributed by atoms with van der Waals surface area (Å²) < 4.78 is 0. The van der Waals surface area contributed by atoms with Gasteiger partial charge in [0.1, 0.15) is 0 Å². The number of hydrogen-bond acceptors (Lipinski definition) is 3. The summed E-state index contributed by atoms with van der Waals surface area (Å²) in [5.74, 6) is -0.300. The van der Waals surface area contributed by atoms with Crippen LogP contribution in [0.4, 0.5) is 11.4 Å². The van der Waals surface area contributed by atoms with Crippen LogP contribution < -0.4 is 4.90 Å².